The number of aromatic amines is 1. The van der Waals surface area contributed by atoms with Gasteiger partial charge in [-0.2, -0.15) is 0 Å². The molecule has 0 saturated heterocycles. The predicted molar refractivity (Wildman–Crippen MR) is 60.4 cm³/mol. The average Bonchev–Trinajstić information content (AvgIpc) is 2.74. The molecule has 1 heterocycles. The van der Waals surface area contributed by atoms with Gasteiger partial charge >= 0.3 is 0 Å². The fourth-order valence-electron chi connectivity index (χ4n) is 1.63. The lowest BCUT2D eigenvalue weighted by atomic mass is 10.2. The molecule has 2 heteroatoms. The molecular formula is C13H9N2. The third-order valence-electron chi connectivity index (χ3n) is 2.37. The number of aromatic nitrogens is 2. The zero-order valence-corrected chi connectivity index (χ0v) is 8.07. The van der Waals surface area contributed by atoms with Crippen LogP contribution in [0.15, 0.2) is 48.5 Å². The van der Waals surface area contributed by atoms with Crippen molar-refractivity contribution in [2.75, 3.05) is 0 Å². The molecule has 1 N–H and O–H groups in total. The molecule has 1 aromatic heterocycles. The summed E-state index contributed by atoms with van der Waals surface area (Å²) < 4.78 is 0. The Bertz CT molecular complexity index is 549. The van der Waals surface area contributed by atoms with E-state index in [2.05, 4.69) is 16.0 Å². The first-order chi connectivity index (χ1) is 7.43. The van der Waals surface area contributed by atoms with Gasteiger partial charge in [0, 0.05) is 5.56 Å². The van der Waals surface area contributed by atoms with Crippen molar-refractivity contribution in [2.24, 2.45) is 0 Å². The highest BCUT2D eigenvalue weighted by atomic mass is 14.9. The number of H-pyrrole nitrogens is 1. The van der Waals surface area contributed by atoms with Crippen molar-refractivity contribution in [1.82, 2.24) is 9.97 Å². The first kappa shape index (κ1) is 8.24. The quantitative estimate of drug-likeness (QED) is 0.632. The molecule has 15 heavy (non-hydrogen) atoms. The lowest BCUT2D eigenvalue weighted by Gasteiger charge is -1.92. The number of hydrogen-bond acceptors (Lipinski definition) is 1. The van der Waals surface area contributed by atoms with Crippen LogP contribution in [0.5, 0.6) is 0 Å². The van der Waals surface area contributed by atoms with Gasteiger partial charge in [0.1, 0.15) is 5.82 Å². The highest BCUT2D eigenvalue weighted by molar-refractivity contribution is 5.79. The first-order valence-electron chi connectivity index (χ1n) is 4.85. The Morgan fingerprint density at radius 2 is 2.00 bits per heavy atom. The number of para-hydroxylation sites is 2. The standard InChI is InChI=1S/C13H9N2/c1-2-6-10(7-3-1)13-14-11-8-4-5-9-12(11)15-13/h1-2,4-9H,(H,14,15). The lowest BCUT2D eigenvalue weighted by Crippen LogP contribution is -1.78. The molecule has 71 valence electrons. The molecule has 0 aliphatic heterocycles. The highest BCUT2D eigenvalue weighted by Gasteiger charge is 2.02. The van der Waals surface area contributed by atoms with Crippen molar-refractivity contribution in [1.29, 1.82) is 0 Å². The van der Waals surface area contributed by atoms with Gasteiger partial charge in [0.25, 0.3) is 0 Å². The van der Waals surface area contributed by atoms with Crippen molar-refractivity contribution < 1.29 is 0 Å². The van der Waals surface area contributed by atoms with Crippen LogP contribution in [0.1, 0.15) is 0 Å². The fourth-order valence-corrected chi connectivity index (χ4v) is 1.63. The Morgan fingerprint density at radius 1 is 1.07 bits per heavy atom. The Balaban J connectivity index is 2.21. The zero-order chi connectivity index (χ0) is 10.1. The van der Waals surface area contributed by atoms with Gasteiger partial charge in [-0.15, -0.1) is 0 Å². The molecule has 0 amide bonds. The minimum absolute atomic E-state index is 0.896. The van der Waals surface area contributed by atoms with Crippen molar-refractivity contribution in [2.45, 2.75) is 0 Å². The van der Waals surface area contributed by atoms with E-state index in [-0.39, 0.29) is 0 Å². The number of benzene rings is 2. The van der Waals surface area contributed by atoms with Gasteiger partial charge in [0.2, 0.25) is 0 Å². The smallest absolute Gasteiger partial charge is 0.138 e. The fraction of sp³-hybridized carbons (Fsp3) is 0. The van der Waals surface area contributed by atoms with Crippen LogP contribution >= 0.6 is 0 Å². The molecule has 2 aromatic carbocycles. The maximum Gasteiger partial charge on any atom is 0.138 e. The second-order valence-electron chi connectivity index (χ2n) is 3.39. The van der Waals surface area contributed by atoms with E-state index in [1.165, 1.54) is 0 Å². The maximum absolute atomic E-state index is 4.51. The Morgan fingerprint density at radius 3 is 2.80 bits per heavy atom. The van der Waals surface area contributed by atoms with Gasteiger partial charge < -0.3 is 4.98 Å². The van der Waals surface area contributed by atoms with E-state index < -0.39 is 0 Å². The van der Waals surface area contributed by atoms with Crippen molar-refractivity contribution in [3.63, 3.8) is 0 Å². The number of rotatable bonds is 1. The molecule has 3 aromatic rings. The summed E-state index contributed by atoms with van der Waals surface area (Å²) in [6, 6.07) is 18.9. The summed E-state index contributed by atoms with van der Waals surface area (Å²) in [6.07, 6.45) is 0. The SMILES string of the molecule is [c]1cccc(-c2nc3ccccc3[nH]2)c1. The van der Waals surface area contributed by atoms with Gasteiger partial charge in [0.15, 0.2) is 0 Å². The number of imidazole rings is 1. The first-order valence-corrected chi connectivity index (χ1v) is 4.85. The summed E-state index contributed by atoms with van der Waals surface area (Å²) in [6.45, 7) is 0. The molecule has 2 nitrogen and oxygen atoms in total. The molecule has 0 atom stereocenters. The predicted octanol–water partition coefficient (Wildman–Crippen LogP) is 3.03. The van der Waals surface area contributed by atoms with E-state index >= 15 is 0 Å². The van der Waals surface area contributed by atoms with Gasteiger partial charge in [-0.1, -0.05) is 30.3 Å². The van der Waals surface area contributed by atoms with E-state index in [1.807, 2.05) is 48.5 Å². The van der Waals surface area contributed by atoms with E-state index in [9.17, 15) is 0 Å². The molecule has 0 saturated carbocycles. The van der Waals surface area contributed by atoms with Crippen LogP contribution in [0.4, 0.5) is 0 Å². The van der Waals surface area contributed by atoms with Crippen LogP contribution in [-0.2, 0) is 0 Å². The summed E-state index contributed by atoms with van der Waals surface area (Å²) in [5.41, 5.74) is 3.13. The summed E-state index contributed by atoms with van der Waals surface area (Å²) in [4.78, 5) is 7.79. The van der Waals surface area contributed by atoms with Crippen LogP contribution in [0.3, 0.4) is 0 Å². The summed E-state index contributed by atoms with van der Waals surface area (Å²) >= 11 is 0. The third kappa shape index (κ3) is 1.40. The molecule has 0 aliphatic carbocycles. The van der Waals surface area contributed by atoms with Crippen LogP contribution in [-0.4, -0.2) is 9.97 Å². The molecule has 0 spiro atoms. The van der Waals surface area contributed by atoms with Gasteiger partial charge in [0.05, 0.1) is 11.0 Å². The van der Waals surface area contributed by atoms with Crippen LogP contribution < -0.4 is 0 Å². The van der Waals surface area contributed by atoms with Gasteiger partial charge in [-0.05, 0) is 24.3 Å². The van der Waals surface area contributed by atoms with E-state index in [4.69, 9.17) is 0 Å². The lowest BCUT2D eigenvalue weighted by molar-refractivity contribution is 1.34. The molecule has 1 radical (unpaired) electrons. The molecule has 3 rings (SSSR count). The second-order valence-corrected chi connectivity index (χ2v) is 3.39. The van der Waals surface area contributed by atoms with Crippen LogP contribution in [0.25, 0.3) is 22.4 Å². The van der Waals surface area contributed by atoms with Gasteiger partial charge in [-0.25, -0.2) is 4.98 Å². The molecular weight excluding hydrogens is 184 g/mol. The molecule has 0 aliphatic rings. The number of fused-ring (bicyclic) bond motifs is 1. The van der Waals surface area contributed by atoms with Crippen molar-refractivity contribution >= 4 is 11.0 Å². The number of nitrogens with one attached hydrogen (secondary N) is 1. The third-order valence-corrected chi connectivity index (χ3v) is 2.37. The monoisotopic (exact) mass is 193 g/mol. The number of hydrogen-bond donors (Lipinski definition) is 1. The Labute approximate surface area is 87.6 Å². The zero-order valence-electron chi connectivity index (χ0n) is 8.07. The van der Waals surface area contributed by atoms with Crippen molar-refractivity contribution in [3.8, 4) is 11.4 Å². The Kier molecular flexibility index (Phi) is 1.78. The maximum atomic E-state index is 4.51. The van der Waals surface area contributed by atoms with E-state index in [1.54, 1.807) is 0 Å². The highest BCUT2D eigenvalue weighted by Crippen LogP contribution is 2.19. The van der Waals surface area contributed by atoms with Crippen LogP contribution in [0, 0.1) is 6.07 Å². The van der Waals surface area contributed by atoms with Crippen molar-refractivity contribution in [3.05, 3.63) is 54.6 Å². The summed E-state index contributed by atoms with van der Waals surface area (Å²) in [5.74, 6) is 0.896. The van der Waals surface area contributed by atoms with E-state index in [0.717, 1.165) is 22.4 Å². The normalized spacial score (nSPS) is 10.7. The average molecular weight is 193 g/mol. The topological polar surface area (TPSA) is 28.7 Å². The largest absolute Gasteiger partial charge is 0.338 e. The minimum atomic E-state index is 0.896. The second kappa shape index (κ2) is 3.24. The summed E-state index contributed by atoms with van der Waals surface area (Å²) in [7, 11) is 0. The minimum Gasteiger partial charge on any atom is -0.338 e. The Hall–Kier alpha value is -2.09. The summed E-state index contributed by atoms with van der Waals surface area (Å²) in [5, 5.41) is 0. The van der Waals surface area contributed by atoms with Gasteiger partial charge in [-0.3, -0.25) is 0 Å². The number of nitrogens with zero attached hydrogens (tertiary/aromatic N) is 1. The van der Waals surface area contributed by atoms with E-state index in [0.29, 0.717) is 0 Å². The molecule has 0 bridgehead atoms. The molecule has 0 fully saturated rings. The molecule has 0 unspecified atom stereocenters. The van der Waals surface area contributed by atoms with Crippen LogP contribution in [0.2, 0.25) is 0 Å².